The highest BCUT2D eigenvalue weighted by molar-refractivity contribution is 9.10. The summed E-state index contributed by atoms with van der Waals surface area (Å²) in [5.74, 6) is 0.919. The van der Waals surface area contributed by atoms with Crippen LogP contribution in [-0.4, -0.2) is 22.5 Å². The zero-order valence-corrected chi connectivity index (χ0v) is 17.5. The van der Waals surface area contributed by atoms with E-state index in [1.165, 1.54) is 0 Å². The van der Waals surface area contributed by atoms with E-state index in [9.17, 15) is 4.79 Å². The average molecular weight is 452 g/mol. The highest BCUT2D eigenvalue weighted by Gasteiger charge is 2.12. The van der Waals surface area contributed by atoms with Crippen molar-refractivity contribution in [1.29, 1.82) is 0 Å². The van der Waals surface area contributed by atoms with Gasteiger partial charge in [0.2, 0.25) is 5.89 Å². The summed E-state index contributed by atoms with van der Waals surface area (Å²) < 4.78 is 12.3. The van der Waals surface area contributed by atoms with Gasteiger partial charge in [0.05, 0.1) is 4.47 Å². The molecule has 0 bridgehead atoms. The molecule has 2 aromatic carbocycles. The van der Waals surface area contributed by atoms with Crippen LogP contribution in [0, 0.1) is 13.8 Å². The SMILES string of the molecule is Cc1cc(C)c(OCC(=O)Nc2ccc3oc(-c4ccncc4)nc3c2)c(Br)c1. The Labute approximate surface area is 176 Å². The van der Waals surface area contributed by atoms with Crippen molar-refractivity contribution in [3.63, 3.8) is 0 Å². The van der Waals surface area contributed by atoms with E-state index < -0.39 is 0 Å². The highest BCUT2D eigenvalue weighted by atomic mass is 79.9. The van der Waals surface area contributed by atoms with Crippen molar-refractivity contribution in [1.82, 2.24) is 9.97 Å². The van der Waals surface area contributed by atoms with E-state index in [1.807, 2.05) is 38.1 Å². The Morgan fingerprint density at radius 1 is 1.14 bits per heavy atom. The maximum absolute atomic E-state index is 12.3. The van der Waals surface area contributed by atoms with Crippen molar-refractivity contribution in [3.8, 4) is 17.2 Å². The van der Waals surface area contributed by atoms with Crippen LogP contribution in [0.3, 0.4) is 0 Å². The number of fused-ring (bicyclic) bond motifs is 1. The number of carbonyl (C=O) groups is 1. The van der Waals surface area contributed by atoms with Gasteiger partial charge >= 0.3 is 0 Å². The third kappa shape index (κ3) is 4.30. The number of pyridine rings is 1. The van der Waals surface area contributed by atoms with Gasteiger partial charge in [-0.1, -0.05) is 6.07 Å². The molecular formula is C22H18BrN3O3. The summed E-state index contributed by atoms with van der Waals surface area (Å²) >= 11 is 3.48. The van der Waals surface area contributed by atoms with Gasteiger partial charge in [-0.05, 0) is 77.3 Å². The van der Waals surface area contributed by atoms with E-state index in [0.29, 0.717) is 28.4 Å². The lowest BCUT2D eigenvalue weighted by molar-refractivity contribution is -0.118. The number of nitrogens with zero attached hydrogens (tertiary/aromatic N) is 2. The van der Waals surface area contributed by atoms with Crippen molar-refractivity contribution < 1.29 is 13.9 Å². The zero-order valence-electron chi connectivity index (χ0n) is 15.9. The Morgan fingerprint density at radius 3 is 2.69 bits per heavy atom. The largest absolute Gasteiger partial charge is 0.482 e. The second-order valence-electron chi connectivity index (χ2n) is 6.67. The lowest BCUT2D eigenvalue weighted by atomic mass is 10.1. The summed E-state index contributed by atoms with van der Waals surface area (Å²) in [6.45, 7) is 3.86. The van der Waals surface area contributed by atoms with Gasteiger partial charge in [0, 0.05) is 23.6 Å². The predicted molar refractivity (Wildman–Crippen MR) is 115 cm³/mol. The van der Waals surface area contributed by atoms with E-state index in [1.54, 1.807) is 30.6 Å². The summed E-state index contributed by atoms with van der Waals surface area (Å²) in [4.78, 5) is 20.8. The maximum atomic E-state index is 12.3. The molecule has 0 aliphatic rings. The minimum Gasteiger partial charge on any atom is -0.482 e. The number of oxazole rings is 1. The van der Waals surface area contributed by atoms with Crippen LogP contribution in [0.1, 0.15) is 11.1 Å². The third-order valence-corrected chi connectivity index (χ3v) is 4.91. The van der Waals surface area contributed by atoms with Crippen LogP contribution in [0.15, 0.2) is 63.7 Å². The summed E-state index contributed by atoms with van der Waals surface area (Å²) in [6, 6.07) is 13.0. The van der Waals surface area contributed by atoms with Crippen molar-refractivity contribution in [2.24, 2.45) is 0 Å². The number of amides is 1. The van der Waals surface area contributed by atoms with Crippen LogP contribution in [0.2, 0.25) is 0 Å². The highest BCUT2D eigenvalue weighted by Crippen LogP contribution is 2.30. The topological polar surface area (TPSA) is 77.2 Å². The Morgan fingerprint density at radius 2 is 1.93 bits per heavy atom. The molecule has 2 aromatic heterocycles. The lowest BCUT2D eigenvalue weighted by Gasteiger charge is -2.12. The van der Waals surface area contributed by atoms with Gasteiger partial charge in [-0.15, -0.1) is 0 Å². The van der Waals surface area contributed by atoms with Crippen LogP contribution in [-0.2, 0) is 4.79 Å². The molecule has 0 saturated carbocycles. The molecule has 0 fully saturated rings. The van der Waals surface area contributed by atoms with Crippen LogP contribution >= 0.6 is 15.9 Å². The normalized spacial score (nSPS) is 10.9. The van der Waals surface area contributed by atoms with Gasteiger partial charge in [0.15, 0.2) is 12.2 Å². The Kier molecular flexibility index (Phi) is 5.31. The number of benzene rings is 2. The van der Waals surface area contributed by atoms with E-state index >= 15 is 0 Å². The van der Waals surface area contributed by atoms with Crippen molar-refractivity contribution in [3.05, 3.63) is 70.5 Å². The molecular weight excluding hydrogens is 434 g/mol. The number of halogens is 1. The number of hydrogen-bond donors (Lipinski definition) is 1. The molecule has 1 amide bonds. The van der Waals surface area contributed by atoms with Crippen LogP contribution in [0.4, 0.5) is 5.69 Å². The molecule has 0 aliphatic heterocycles. The van der Waals surface area contributed by atoms with E-state index in [4.69, 9.17) is 9.15 Å². The number of rotatable bonds is 5. The average Bonchev–Trinajstić information content (AvgIpc) is 3.11. The van der Waals surface area contributed by atoms with Gasteiger partial charge in [-0.2, -0.15) is 0 Å². The Balaban J connectivity index is 1.46. The third-order valence-electron chi connectivity index (χ3n) is 4.32. The maximum Gasteiger partial charge on any atom is 0.262 e. The van der Waals surface area contributed by atoms with Gasteiger partial charge in [0.25, 0.3) is 5.91 Å². The zero-order chi connectivity index (χ0) is 20.4. The first kappa shape index (κ1) is 19.1. The molecule has 0 radical (unpaired) electrons. The second-order valence-corrected chi connectivity index (χ2v) is 7.52. The van der Waals surface area contributed by atoms with Gasteiger partial charge in [-0.25, -0.2) is 4.98 Å². The molecule has 0 aliphatic carbocycles. The number of aromatic nitrogens is 2. The molecule has 146 valence electrons. The fourth-order valence-corrected chi connectivity index (χ4v) is 3.83. The monoisotopic (exact) mass is 451 g/mol. The van der Waals surface area contributed by atoms with Crippen molar-refractivity contribution >= 4 is 38.6 Å². The van der Waals surface area contributed by atoms with Crippen LogP contribution < -0.4 is 10.1 Å². The number of ether oxygens (including phenoxy) is 1. The smallest absolute Gasteiger partial charge is 0.262 e. The first-order valence-electron chi connectivity index (χ1n) is 9.00. The quantitative estimate of drug-likeness (QED) is 0.446. The fraction of sp³-hybridized carbons (Fsp3) is 0.136. The van der Waals surface area contributed by atoms with E-state index in [-0.39, 0.29) is 12.5 Å². The molecule has 4 aromatic rings. The van der Waals surface area contributed by atoms with Crippen LogP contribution in [0.5, 0.6) is 5.75 Å². The van der Waals surface area contributed by atoms with Crippen molar-refractivity contribution in [2.75, 3.05) is 11.9 Å². The molecule has 4 rings (SSSR count). The first-order valence-corrected chi connectivity index (χ1v) is 9.79. The lowest BCUT2D eigenvalue weighted by Crippen LogP contribution is -2.20. The number of carbonyl (C=O) groups excluding carboxylic acids is 1. The molecule has 0 spiro atoms. The molecule has 1 N–H and O–H groups in total. The molecule has 2 heterocycles. The molecule has 29 heavy (non-hydrogen) atoms. The standard InChI is InChI=1S/C22H18BrN3O3/c1-13-9-14(2)21(17(23)10-13)28-12-20(27)25-16-3-4-19-18(11-16)26-22(29-19)15-5-7-24-8-6-15/h3-11H,12H2,1-2H3,(H,25,27). The molecule has 7 heteroatoms. The van der Waals surface area contributed by atoms with Crippen molar-refractivity contribution in [2.45, 2.75) is 13.8 Å². The minimum absolute atomic E-state index is 0.0956. The van der Waals surface area contributed by atoms with Crippen LogP contribution in [0.25, 0.3) is 22.6 Å². The predicted octanol–water partition coefficient (Wildman–Crippen LogP) is 5.29. The number of hydrogen-bond acceptors (Lipinski definition) is 5. The summed E-state index contributed by atoms with van der Waals surface area (Å²) in [5.41, 5.74) is 4.86. The first-order chi connectivity index (χ1) is 14.0. The fourth-order valence-electron chi connectivity index (χ4n) is 3.04. The molecule has 0 saturated heterocycles. The summed E-state index contributed by atoms with van der Waals surface area (Å²) in [5, 5.41) is 2.83. The Hall–Kier alpha value is -3.19. The van der Waals surface area contributed by atoms with E-state index in [2.05, 4.69) is 31.2 Å². The number of nitrogens with one attached hydrogen (secondary N) is 1. The summed E-state index contributed by atoms with van der Waals surface area (Å²) in [6.07, 6.45) is 3.37. The number of aryl methyl sites for hydroxylation is 2. The molecule has 0 unspecified atom stereocenters. The van der Waals surface area contributed by atoms with E-state index in [0.717, 1.165) is 21.2 Å². The summed E-state index contributed by atoms with van der Waals surface area (Å²) in [7, 11) is 0. The Bertz CT molecular complexity index is 1170. The molecule has 0 atom stereocenters. The molecule has 6 nitrogen and oxygen atoms in total. The van der Waals surface area contributed by atoms with Gasteiger partial charge in [0.1, 0.15) is 11.3 Å². The number of anilines is 1. The second kappa shape index (κ2) is 8.05. The van der Waals surface area contributed by atoms with Gasteiger partial charge in [-0.3, -0.25) is 9.78 Å². The minimum atomic E-state index is -0.255. The van der Waals surface area contributed by atoms with Gasteiger partial charge < -0.3 is 14.5 Å².